The van der Waals surface area contributed by atoms with Crippen molar-refractivity contribution in [3.05, 3.63) is 28.8 Å². The number of ether oxygens (including phenoxy) is 2. The molecule has 0 spiro atoms. The van der Waals surface area contributed by atoms with Crippen LogP contribution in [0.25, 0.3) is 5.57 Å². The van der Waals surface area contributed by atoms with Crippen molar-refractivity contribution in [1.29, 1.82) is 0 Å². The van der Waals surface area contributed by atoms with Crippen LogP contribution in [0.5, 0.6) is 11.5 Å². The minimum absolute atomic E-state index is 0. The van der Waals surface area contributed by atoms with Crippen molar-refractivity contribution in [3.8, 4) is 23.8 Å². The summed E-state index contributed by atoms with van der Waals surface area (Å²) in [6.45, 7) is 17.0. The second kappa shape index (κ2) is 16.2. The molecule has 4 rings (SSSR count). The van der Waals surface area contributed by atoms with Crippen LogP contribution in [0, 0.1) is 18.3 Å². The molecule has 234 valence electrons. The van der Waals surface area contributed by atoms with Crippen LogP contribution in [0.3, 0.4) is 0 Å². The van der Waals surface area contributed by atoms with Gasteiger partial charge >= 0.3 is 5.97 Å². The molecule has 0 amide bonds. The van der Waals surface area contributed by atoms with Crippen LogP contribution >= 0.6 is 12.4 Å². The maximum atomic E-state index is 13.3. The molecule has 3 heterocycles. The van der Waals surface area contributed by atoms with Gasteiger partial charge in [0, 0.05) is 19.5 Å². The Bertz CT molecular complexity index is 1120. The summed E-state index contributed by atoms with van der Waals surface area (Å²) < 4.78 is 13.0. The smallest absolute Gasteiger partial charge is 0.311 e. The molecule has 3 aliphatic rings. The zero-order chi connectivity index (χ0) is 29.4. The molecular formula is C36H55ClN2O3. The standard InChI is InChI=1S/C36H54N2O3.ClH/c1-7-9-11-16-27(3)28(4)29-24-32(40-34(39)17-12-15-22-37-20-13-10-14-21-37)35-30-26-38(19-8-2)23-18-31(30)36(5,6)41-33(35)25-29;/h2,24-25,27-28H,7,9-23,26H2,1,3-6H3;1H. The Morgan fingerprint density at radius 3 is 2.55 bits per heavy atom. The van der Waals surface area contributed by atoms with Crippen LogP contribution in [0.15, 0.2) is 17.7 Å². The van der Waals surface area contributed by atoms with Crippen molar-refractivity contribution in [2.75, 3.05) is 39.3 Å². The Labute approximate surface area is 262 Å². The summed E-state index contributed by atoms with van der Waals surface area (Å²) in [7, 11) is 0. The van der Waals surface area contributed by atoms with Gasteiger partial charge in [0.1, 0.15) is 17.1 Å². The van der Waals surface area contributed by atoms with Gasteiger partial charge in [0.05, 0.1) is 12.1 Å². The number of benzene rings is 1. The number of piperidine rings is 1. The second-order valence-corrected chi connectivity index (χ2v) is 13.2. The summed E-state index contributed by atoms with van der Waals surface area (Å²) in [5.41, 5.74) is 4.26. The Morgan fingerprint density at radius 1 is 1.07 bits per heavy atom. The maximum Gasteiger partial charge on any atom is 0.311 e. The number of carbonyl (C=O) groups excluding carboxylic acids is 1. The van der Waals surface area contributed by atoms with E-state index in [1.165, 1.54) is 74.7 Å². The number of hydrogen-bond donors (Lipinski definition) is 0. The first-order chi connectivity index (χ1) is 19.7. The van der Waals surface area contributed by atoms with E-state index in [0.717, 1.165) is 50.2 Å². The van der Waals surface area contributed by atoms with Crippen LogP contribution in [0.4, 0.5) is 0 Å². The zero-order valence-corrected chi connectivity index (χ0v) is 27.8. The zero-order valence-electron chi connectivity index (χ0n) is 26.9. The van der Waals surface area contributed by atoms with Crippen LogP contribution in [0.2, 0.25) is 0 Å². The molecule has 0 aliphatic carbocycles. The van der Waals surface area contributed by atoms with Crippen LogP contribution in [-0.2, 0) is 4.79 Å². The number of unbranched alkanes of at least 4 members (excludes halogenated alkanes) is 3. The number of fused-ring (bicyclic) bond motifs is 2. The van der Waals surface area contributed by atoms with E-state index in [2.05, 4.69) is 62.5 Å². The SMILES string of the molecule is C#CCN1CCC2=C(C1)c1c(OC(=O)CCCCN3CCCCC3)cc(C(C)C(C)CCCCC)cc1OC2(C)C.Cl. The van der Waals surface area contributed by atoms with E-state index in [0.29, 0.717) is 30.6 Å². The summed E-state index contributed by atoms with van der Waals surface area (Å²) in [6, 6.07) is 4.36. The molecule has 1 aromatic rings. The highest BCUT2D eigenvalue weighted by Gasteiger charge is 2.39. The van der Waals surface area contributed by atoms with E-state index in [9.17, 15) is 4.79 Å². The largest absolute Gasteiger partial charge is 0.483 e. The molecule has 0 saturated carbocycles. The van der Waals surface area contributed by atoms with E-state index >= 15 is 0 Å². The van der Waals surface area contributed by atoms with E-state index < -0.39 is 5.60 Å². The quantitative estimate of drug-likeness (QED) is 0.0989. The van der Waals surface area contributed by atoms with Gasteiger partial charge in [-0.2, -0.15) is 0 Å². The van der Waals surface area contributed by atoms with Crippen molar-refractivity contribution < 1.29 is 14.3 Å². The van der Waals surface area contributed by atoms with Crippen molar-refractivity contribution in [2.24, 2.45) is 5.92 Å². The lowest BCUT2D eigenvalue weighted by Crippen LogP contribution is -2.42. The molecular weight excluding hydrogens is 544 g/mol. The average molecular weight is 599 g/mol. The van der Waals surface area contributed by atoms with Crippen molar-refractivity contribution in [1.82, 2.24) is 9.80 Å². The first kappa shape index (κ1) is 34.5. The number of terminal acetylenes is 1. The summed E-state index contributed by atoms with van der Waals surface area (Å²) in [4.78, 5) is 18.1. The molecule has 2 atom stereocenters. The molecule has 0 bridgehead atoms. The highest BCUT2D eigenvalue weighted by atomic mass is 35.5. The minimum Gasteiger partial charge on any atom is -0.483 e. The Morgan fingerprint density at radius 2 is 1.83 bits per heavy atom. The number of nitrogens with zero attached hydrogens (tertiary/aromatic N) is 2. The normalized spacial score (nSPS) is 19.9. The highest BCUT2D eigenvalue weighted by Crippen LogP contribution is 2.49. The molecule has 3 aliphatic heterocycles. The molecule has 2 unspecified atom stereocenters. The Hall–Kier alpha value is -2.00. The lowest BCUT2D eigenvalue weighted by atomic mass is 9.79. The lowest BCUT2D eigenvalue weighted by Gasteiger charge is -2.42. The molecule has 6 heteroatoms. The summed E-state index contributed by atoms with van der Waals surface area (Å²) in [5, 5.41) is 0. The Balaban J connectivity index is 0.00000484. The van der Waals surface area contributed by atoms with Crippen LogP contribution in [0.1, 0.15) is 122 Å². The number of rotatable bonds is 13. The van der Waals surface area contributed by atoms with Gasteiger partial charge in [0.25, 0.3) is 0 Å². The fourth-order valence-electron chi connectivity index (χ4n) is 6.90. The monoisotopic (exact) mass is 598 g/mol. The average Bonchev–Trinajstić information content (AvgIpc) is 2.95. The van der Waals surface area contributed by atoms with Gasteiger partial charge < -0.3 is 14.4 Å². The van der Waals surface area contributed by atoms with Gasteiger partial charge in [-0.25, -0.2) is 0 Å². The highest BCUT2D eigenvalue weighted by molar-refractivity contribution is 5.85. The number of esters is 1. The van der Waals surface area contributed by atoms with E-state index in [1.807, 2.05) is 0 Å². The van der Waals surface area contributed by atoms with Crippen molar-refractivity contribution in [3.63, 3.8) is 0 Å². The van der Waals surface area contributed by atoms with Gasteiger partial charge in [-0.1, -0.05) is 58.8 Å². The number of likely N-dealkylation sites (tertiary alicyclic amines) is 1. The number of hydrogen-bond acceptors (Lipinski definition) is 5. The lowest BCUT2D eigenvalue weighted by molar-refractivity contribution is -0.134. The minimum atomic E-state index is -0.408. The molecule has 1 fully saturated rings. The van der Waals surface area contributed by atoms with Gasteiger partial charge in [-0.15, -0.1) is 18.8 Å². The molecule has 1 aromatic carbocycles. The molecule has 0 radical (unpaired) electrons. The maximum absolute atomic E-state index is 13.3. The second-order valence-electron chi connectivity index (χ2n) is 13.2. The van der Waals surface area contributed by atoms with Crippen LogP contribution < -0.4 is 9.47 Å². The van der Waals surface area contributed by atoms with Gasteiger partial charge in [-0.3, -0.25) is 9.69 Å². The van der Waals surface area contributed by atoms with Gasteiger partial charge in [-0.05, 0) is 106 Å². The van der Waals surface area contributed by atoms with E-state index in [-0.39, 0.29) is 18.4 Å². The summed E-state index contributed by atoms with van der Waals surface area (Å²) in [6.07, 6.45) is 17.8. The predicted molar refractivity (Wildman–Crippen MR) is 177 cm³/mol. The molecule has 0 aromatic heterocycles. The van der Waals surface area contributed by atoms with Gasteiger partial charge in [0.15, 0.2) is 0 Å². The number of halogens is 1. The fraction of sp³-hybridized carbons (Fsp3) is 0.694. The molecule has 1 saturated heterocycles. The van der Waals surface area contributed by atoms with E-state index in [4.69, 9.17) is 15.9 Å². The third kappa shape index (κ3) is 8.77. The van der Waals surface area contributed by atoms with Gasteiger partial charge in [0.2, 0.25) is 0 Å². The summed E-state index contributed by atoms with van der Waals surface area (Å²) >= 11 is 0. The first-order valence-corrected chi connectivity index (χ1v) is 16.4. The molecule has 5 nitrogen and oxygen atoms in total. The van der Waals surface area contributed by atoms with Crippen molar-refractivity contribution in [2.45, 2.75) is 117 Å². The first-order valence-electron chi connectivity index (χ1n) is 16.4. The number of carbonyl (C=O) groups is 1. The molecule has 42 heavy (non-hydrogen) atoms. The topological polar surface area (TPSA) is 42.0 Å². The third-order valence-electron chi connectivity index (χ3n) is 9.64. The predicted octanol–water partition coefficient (Wildman–Crippen LogP) is 8.25. The van der Waals surface area contributed by atoms with Crippen molar-refractivity contribution >= 4 is 23.9 Å². The fourth-order valence-corrected chi connectivity index (χ4v) is 6.90. The van der Waals surface area contributed by atoms with E-state index in [1.54, 1.807) is 0 Å². The molecule has 0 N–H and O–H groups in total. The Kier molecular flexibility index (Phi) is 13.3. The van der Waals surface area contributed by atoms with Crippen LogP contribution in [-0.4, -0.2) is 60.6 Å². The summed E-state index contributed by atoms with van der Waals surface area (Å²) in [5.74, 6) is 5.05. The third-order valence-corrected chi connectivity index (χ3v) is 9.64.